The first kappa shape index (κ1) is 9.77. The summed E-state index contributed by atoms with van der Waals surface area (Å²) in [5, 5.41) is 3.51. The lowest BCUT2D eigenvalue weighted by Gasteiger charge is -2.22. The average Bonchev–Trinajstić information content (AvgIpc) is 2.79. The van der Waals surface area contributed by atoms with Crippen LogP contribution in [0, 0.1) is 0 Å². The van der Waals surface area contributed by atoms with E-state index < -0.39 is 0 Å². The molecule has 0 saturated carbocycles. The van der Waals surface area contributed by atoms with Crippen molar-refractivity contribution in [2.24, 2.45) is 5.11 Å². The smallest absolute Gasteiger partial charge is 0.168 e. The van der Waals surface area contributed by atoms with Gasteiger partial charge in [-0.2, -0.15) is 0 Å². The van der Waals surface area contributed by atoms with Gasteiger partial charge in [-0.3, -0.25) is 0 Å². The van der Waals surface area contributed by atoms with E-state index in [0.29, 0.717) is 6.54 Å². The van der Waals surface area contributed by atoms with Crippen LogP contribution in [-0.2, 0) is 9.47 Å². The van der Waals surface area contributed by atoms with Crippen LogP contribution in [0.25, 0.3) is 10.4 Å². The number of azide groups is 1. The van der Waals surface area contributed by atoms with Gasteiger partial charge in [0.05, 0.1) is 12.7 Å². The first-order valence-corrected chi connectivity index (χ1v) is 5.17. The molecular weight excluding hydrogens is 182 g/mol. The zero-order chi connectivity index (χ0) is 9.86. The highest BCUT2D eigenvalue weighted by molar-refractivity contribution is 4.84. The van der Waals surface area contributed by atoms with Crippen LogP contribution < -0.4 is 0 Å². The second-order valence-electron chi connectivity index (χ2n) is 3.88. The third kappa shape index (κ3) is 2.00. The maximum atomic E-state index is 8.14. The van der Waals surface area contributed by atoms with Gasteiger partial charge in [0.2, 0.25) is 0 Å². The summed E-state index contributed by atoms with van der Waals surface area (Å²) < 4.78 is 11.5. The molecule has 1 spiro atoms. The molecule has 2 heterocycles. The summed E-state index contributed by atoms with van der Waals surface area (Å²) in [6.45, 7) is 1.35. The number of nitrogens with zero attached hydrogens (tertiary/aromatic N) is 3. The molecule has 5 nitrogen and oxygen atoms in total. The molecule has 0 unspecified atom stereocenters. The second kappa shape index (κ2) is 4.17. The number of ether oxygens (including phenoxy) is 2. The molecule has 2 aliphatic rings. The van der Waals surface area contributed by atoms with Crippen LogP contribution in [-0.4, -0.2) is 25.0 Å². The van der Waals surface area contributed by atoms with Crippen molar-refractivity contribution in [2.75, 3.05) is 13.2 Å². The predicted molar refractivity (Wildman–Crippen MR) is 50.7 cm³/mol. The molecule has 0 bridgehead atoms. The number of rotatable bonds is 3. The SMILES string of the molecule is [N-]=[N+]=NCC[C@H]1CC[C@@]2(CCCO2)O1. The lowest BCUT2D eigenvalue weighted by atomic mass is 10.1. The van der Waals surface area contributed by atoms with Crippen LogP contribution in [0.4, 0.5) is 0 Å². The van der Waals surface area contributed by atoms with Crippen LogP contribution in [0.2, 0.25) is 0 Å². The van der Waals surface area contributed by atoms with E-state index in [1.54, 1.807) is 0 Å². The summed E-state index contributed by atoms with van der Waals surface area (Å²) in [5.74, 6) is -0.277. The Labute approximate surface area is 83.0 Å². The zero-order valence-corrected chi connectivity index (χ0v) is 8.19. The molecule has 0 aromatic rings. The van der Waals surface area contributed by atoms with Crippen LogP contribution in [0.5, 0.6) is 0 Å². The highest BCUT2D eigenvalue weighted by Crippen LogP contribution is 2.39. The van der Waals surface area contributed by atoms with E-state index in [9.17, 15) is 0 Å². The van der Waals surface area contributed by atoms with E-state index in [4.69, 9.17) is 15.0 Å². The lowest BCUT2D eigenvalue weighted by molar-refractivity contribution is -0.199. The van der Waals surface area contributed by atoms with Crippen molar-refractivity contribution in [3.63, 3.8) is 0 Å². The van der Waals surface area contributed by atoms with Crippen molar-refractivity contribution >= 4 is 0 Å². The molecular formula is C9H15N3O2. The summed E-state index contributed by atoms with van der Waals surface area (Å²) in [6.07, 6.45) is 5.18. The number of hydrogen-bond acceptors (Lipinski definition) is 3. The topological polar surface area (TPSA) is 67.2 Å². The first-order valence-electron chi connectivity index (χ1n) is 5.17. The Morgan fingerprint density at radius 3 is 3.14 bits per heavy atom. The third-order valence-corrected chi connectivity index (χ3v) is 2.91. The van der Waals surface area contributed by atoms with Gasteiger partial charge in [-0.15, -0.1) is 0 Å². The van der Waals surface area contributed by atoms with Crippen LogP contribution >= 0.6 is 0 Å². The highest BCUT2D eigenvalue weighted by atomic mass is 16.7. The van der Waals surface area contributed by atoms with Gasteiger partial charge in [0.1, 0.15) is 0 Å². The molecule has 5 heteroatoms. The van der Waals surface area contributed by atoms with Crippen molar-refractivity contribution in [1.29, 1.82) is 0 Å². The van der Waals surface area contributed by atoms with E-state index >= 15 is 0 Å². The van der Waals surface area contributed by atoms with E-state index in [-0.39, 0.29) is 11.9 Å². The Balaban J connectivity index is 1.79. The maximum absolute atomic E-state index is 8.14. The fourth-order valence-corrected chi connectivity index (χ4v) is 2.21. The summed E-state index contributed by atoms with van der Waals surface area (Å²) >= 11 is 0. The summed E-state index contributed by atoms with van der Waals surface area (Å²) in [7, 11) is 0. The van der Waals surface area contributed by atoms with E-state index in [1.165, 1.54) is 0 Å². The molecule has 78 valence electrons. The van der Waals surface area contributed by atoms with Crippen molar-refractivity contribution < 1.29 is 9.47 Å². The van der Waals surface area contributed by atoms with Crippen LogP contribution in [0.3, 0.4) is 0 Å². The molecule has 2 saturated heterocycles. The lowest BCUT2D eigenvalue weighted by Crippen LogP contribution is -2.27. The van der Waals surface area contributed by atoms with Crippen molar-refractivity contribution in [1.82, 2.24) is 0 Å². The van der Waals surface area contributed by atoms with E-state index in [2.05, 4.69) is 10.0 Å². The fourth-order valence-electron chi connectivity index (χ4n) is 2.21. The van der Waals surface area contributed by atoms with Crippen LogP contribution in [0.15, 0.2) is 5.11 Å². The van der Waals surface area contributed by atoms with Gasteiger partial charge < -0.3 is 9.47 Å². The van der Waals surface area contributed by atoms with E-state index in [1.807, 2.05) is 0 Å². The molecule has 0 amide bonds. The van der Waals surface area contributed by atoms with Crippen molar-refractivity contribution in [2.45, 2.75) is 44.0 Å². The van der Waals surface area contributed by atoms with Gasteiger partial charge in [0, 0.05) is 24.3 Å². The summed E-state index contributed by atoms with van der Waals surface area (Å²) in [5.41, 5.74) is 8.14. The Hall–Kier alpha value is -0.770. The van der Waals surface area contributed by atoms with Gasteiger partial charge in [0.25, 0.3) is 0 Å². The molecule has 2 atom stereocenters. The minimum atomic E-state index is -0.277. The van der Waals surface area contributed by atoms with Gasteiger partial charge >= 0.3 is 0 Å². The normalized spacial score (nSPS) is 36.1. The van der Waals surface area contributed by atoms with Crippen molar-refractivity contribution in [3.8, 4) is 0 Å². The summed E-state index contributed by atoms with van der Waals surface area (Å²) in [4.78, 5) is 2.72. The second-order valence-corrected chi connectivity index (χ2v) is 3.88. The fraction of sp³-hybridized carbons (Fsp3) is 1.00. The van der Waals surface area contributed by atoms with Crippen LogP contribution in [0.1, 0.15) is 32.1 Å². The van der Waals surface area contributed by atoms with Gasteiger partial charge in [0.15, 0.2) is 5.79 Å². The quantitative estimate of drug-likeness (QED) is 0.396. The standard InChI is InChI=1S/C9H15N3O2/c10-12-11-6-3-8-2-5-9(14-8)4-1-7-13-9/h8H,1-7H2/t8-,9-/m1/s1. The maximum Gasteiger partial charge on any atom is 0.168 e. The van der Waals surface area contributed by atoms with Gasteiger partial charge in [-0.05, 0) is 24.8 Å². The van der Waals surface area contributed by atoms with Gasteiger partial charge in [-0.1, -0.05) is 5.11 Å². The Kier molecular flexibility index (Phi) is 2.91. The minimum absolute atomic E-state index is 0.221. The molecule has 0 N–H and O–H groups in total. The molecule has 2 aliphatic heterocycles. The van der Waals surface area contributed by atoms with E-state index in [0.717, 1.165) is 38.7 Å². The molecule has 0 aromatic heterocycles. The molecule has 0 aliphatic carbocycles. The Morgan fingerprint density at radius 1 is 1.50 bits per heavy atom. The highest BCUT2D eigenvalue weighted by Gasteiger charge is 2.43. The molecule has 14 heavy (non-hydrogen) atoms. The molecule has 2 rings (SSSR count). The largest absolute Gasteiger partial charge is 0.350 e. The monoisotopic (exact) mass is 197 g/mol. The Morgan fingerprint density at radius 2 is 2.43 bits per heavy atom. The molecule has 0 radical (unpaired) electrons. The van der Waals surface area contributed by atoms with Gasteiger partial charge in [-0.25, -0.2) is 0 Å². The summed E-state index contributed by atoms with van der Waals surface area (Å²) in [6, 6.07) is 0. The number of hydrogen-bond donors (Lipinski definition) is 0. The average molecular weight is 197 g/mol. The predicted octanol–water partition coefficient (Wildman–Crippen LogP) is 2.37. The Bertz CT molecular complexity index is 244. The molecule has 0 aromatic carbocycles. The van der Waals surface area contributed by atoms with Crippen molar-refractivity contribution in [3.05, 3.63) is 10.4 Å². The molecule has 2 fully saturated rings. The first-order chi connectivity index (χ1) is 6.85. The zero-order valence-electron chi connectivity index (χ0n) is 8.19. The third-order valence-electron chi connectivity index (χ3n) is 2.91. The minimum Gasteiger partial charge on any atom is -0.350 e.